The van der Waals surface area contributed by atoms with Crippen molar-refractivity contribution in [1.29, 1.82) is 0 Å². The molecule has 0 atom stereocenters. The first kappa shape index (κ1) is 13.5. The van der Waals surface area contributed by atoms with Crippen molar-refractivity contribution in [3.05, 3.63) is 46.6 Å². The predicted molar refractivity (Wildman–Crippen MR) is 70.0 cm³/mol. The summed E-state index contributed by atoms with van der Waals surface area (Å²) in [7, 11) is 0. The lowest BCUT2D eigenvalue weighted by Gasteiger charge is -2.03. The molecule has 0 aliphatic heterocycles. The van der Waals surface area contributed by atoms with Gasteiger partial charge in [-0.25, -0.2) is 4.39 Å². The number of carbonyl (C=O) groups excluding carboxylic acids is 1. The van der Waals surface area contributed by atoms with E-state index in [0.717, 1.165) is 0 Å². The Hall–Kier alpha value is -1.88. The monoisotopic (exact) mass is 282 g/mol. The number of carbonyl (C=O) groups is 1. The van der Waals surface area contributed by atoms with Crippen LogP contribution in [0.4, 0.5) is 10.1 Å². The second-order valence-electron chi connectivity index (χ2n) is 4.35. The Balaban J connectivity index is 2.13. The maximum Gasteiger partial charge on any atom is 0.277 e. The summed E-state index contributed by atoms with van der Waals surface area (Å²) in [6, 6.07) is 5.51. The fraction of sp³-hybridized carbons (Fsp3) is 0.231. The first-order valence-corrected chi connectivity index (χ1v) is 6.08. The van der Waals surface area contributed by atoms with E-state index in [1.54, 1.807) is 6.07 Å². The zero-order valence-electron chi connectivity index (χ0n) is 10.4. The molecule has 1 N–H and O–H groups in total. The van der Waals surface area contributed by atoms with Gasteiger partial charge in [0.15, 0.2) is 5.69 Å². The van der Waals surface area contributed by atoms with E-state index >= 15 is 0 Å². The van der Waals surface area contributed by atoms with Gasteiger partial charge in [0.05, 0.1) is 5.02 Å². The highest BCUT2D eigenvalue weighted by Crippen LogP contribution is 2.20. The minimum absolute atomic E-state index is 0.0548. The molecular weight excluding hydrogens is 271 g/mol. The number of aromatic nitrogens is 1. The molecule has 6 heteroatoms. The van der Waals surface area contributed by atoms with Crippen molar-refractivity contribution < 1.29 is 13.7 Å². The lowest BCUT2D eigenvalue weighted by Crippen LogP contribution is -2.12. The molecule has 0 saturated carbocycles. The third-order valence-electron chi connectivity index (χ3n) is 2.51. The van der Waals surface area contributed by atoms with Crippen LogP contribution in [0.2, 0.25) is 5.02 Å². The highest BCUT2D eigenvalue weighted by molar-refractivity contribution is 6.31. The lowest BCUT2D eigenvalue weighted by atomic mass is 10.1. The van der Waals surface area contributed by atoms with E-state index in [0.29, 0.717) is 11.4 Å². The molecule has 0 bridgehead atoms. The molecule has 0 saturated heterocycles. The highest BCUT2D eigenvalue weighted by Gasteiger charge is 2.15. The summed E-state index contributed by atoms with van der Waals surface area (Å²) in [6.45, 7) is 3.86. The van der Waals surface area contributed by atoms with Crippen molar-refractivity contribution in [3.63, 3.8) is 0 Å². The number of amides is 1. The Bertz CT molecular complexity index is 610. The van der Waals surface area contributed by atoms with Gasteiger partial charge in [-0.15, -0.1) is 0 Å². The van der Waals surface area contributed by atoms with Crippen molar-refractivity contribution in [2.24, 2.45) is 0 Å². The highest BCUT2D eigenvalue weighted by atomic mass is 35.5. The summed E-state index contributed by atoms with van der Waals surface area (Å²) in [6.07, 6.45) is 0. The van der Waals surface area contributed by atoms with Crippen LogP contribution in [0.1, 0.15) is 36.0 Å². The van der Waals surface area contributed by atoms with Gasteiger partial charge in [-0.1, -0.05) is 30.6 Å². The van der Waals surface area contributed by atoms with E-state index in [9.17, 15) is 9.18 Å². The van der Waals surface area contributed by atoms with E-state index in [1.807, 2.05) is 13.8 Å². The Morgan fingerprint density at radius 2 is 2.16 bits per heavy atom. The van der Waals surface area contributed by atoms with Crippen LogP contribution >= 0.6 is 11.6 Å². The van der Waals surface area contributed by atoms with Crippen molar-refractivity contribution in [2.75, 3.05) is 5.32 Å². The lowest BCUT2D eigenvalue weighted by molar-refractivity contribution is 0.101. The van der Waals surface area contributed by atoms with Crippen molar-refractivity contribution in [2.45, 2.75) is 19.8 Å². The van der Waals surface area contributed by atoms with Crippen LogP contribution in [-0.2, 0) is 0 Å². The van der Waals surface area contributed by atoms with Gasteiger partial charge in [0.2, 0.25) is 0 Å². The standard InChI is InChI=1S/C13H12ClFN2O2/c1-7(2)12-6-11(17-19-12)13(18)16-8-3-4-10(15)9(14)5-8/h3-7H,1-2H3,(H,16,18). The number of rotatable bonds is 3. The zero-order chi connectivity index (χ0) is 14.0. The number of nitrogens with zero attached hydrogens (tertiary/aromatic N) is 1. The minimum Gasteiger partial charge on any atom is -0.360 e. The molecule has 2 aromatic rings. The molecule has 100 valence electrons. The second kappa shape index (κ2) is 5.40. The van der Waals surface area contributed by atoms with Gasteiger partial charge in [0.1, 0.15) is 11.6 Å². The molecule has 0 aliphatic rings. The molecule has 2 rings (SSSR count). The number of halogens is 2. The quantitative estimate of drug-likeness (QED) is 0.930. The number of hydrogen-bond donors (Lipinski definition) is 1. The third-order valence-corrected chi connectivity index (χ3v) is 2.80. The fourth-order valence-electron chi connectivity index (χ4n) is 1.44. The van der Waals surface area contributed by atoms with Crippen LogP contribution in [0.5, 0.6) is 0 Å². The van der Waals surface area contributed by atoms with Gasteiger partial charge in [0, 0.05) is 17.7 Å². The molecule has 0 radical (unpaired) electrons. The van der Waals surface area contributed by atoms with E-state index in [2.05, 4.69) is 10.5 Å². The fourth-order valence-corrected chi connectivity index (χ4v) is 1.62. The first-order valence-electron chi connectivity index (χ1n) is 5.70. The second-order valence-corrected chi connectivity index (χ2v) is 4.76. The van der Waals surface area contributed by atoms with Gasteiger partial charge in [-0.3, -0.25) is 4.79 Å². The summed E-state index contributed by atoms with van der Waals surface area (Å²) in [5.41, 5.74) is 0.564. The minimum atomic E-state index is -0.539. The van der Waals surface area contributed by atoms with Crippen LogP contribution in [0.15, 0.2) is 28.8 Å². The van der Waals surface area contributed by atoms with E-state index in [1.165, 1.54) is 18.2 Å². The molecule has 1 aromatic heterocycles. The summed E-state index contributed by atoms with van der Waals surface area (Å²) >= 11 is 5.63. The van der Waals surface area contributed by atoms with Gasteiger partial charge in [-0.05, 0) is 18.2 Å². The Morgan fingerprint density at radius 3 is 2.74 bits per heavy atom. The van der Waals surface area contributed by atoms with Crippen LogP contribution in [-0.4, -0.2) is 11.1 Å². The van der Waals surface area contributed by atoms with Crippen LogP contribution < -0.4 is 5.32 Å². The third kappa shape index (κ3) is 3.12. The maximum absolute atomic E-state index is 13.0. The van der Waals surface area contributed by atoms with Crippen molar-refractivity contribution in [1.82, 2.24) is 5.16 Å². The SMILES string of the molecule is CC(C)c1cc(C(=O)Nc2ccc(F)c(Cl)c2)no1. The largest absolute Gasteiger partial charge is 0.360 e. The average molecular weight is 283 g/mol. The van der Waals surface area contributed by atoms with Gasteiger partial charge in [0.25, 0.3) is 5.91 Å². The normalized spacial score (nSPS) is 10.8. The molecule has 0 spiro atoms. The van der Waals surface area contributed by atoms with Gasteiger partial charge < -0.3 is 9.84 Å². The van der Waals surface area contributed by atoms with E-state index in [-0.39, 0.29) is 16.6 Å². The van der Waals surface area contributed by atoms with Crippen molar-refractivity contribution in [3.8, 4) is 0 Å². The molecule has 1 aromatic carbocycles. The number of benzene rings is 1. The molecule has 0 fully saturated rings. The Kier molecular flexibility index (Phi) is 3.85. The average Bonchev–Trinajstić information content (AvgIpc) is 2.83. The first-order chi connectivity index (χ1) is 8.97. The summed E-state index contributed by atoms with van der Waals surface area (Å²) < 4.78 is 18.0. The Morgan fingerprint density at radius 1 is 1.42 bits per heavy atom. The summed E-state index contributed by atoms with van der Waals surface area (Å²) in [4.78, 5) is 11.9. The van der Waals surface area contributed by atoms with E-state index in [4.69, 9.17) is 16.1 Å². The molecule has 19 heavy (non-hydrogen) atoms. The number of hydrogen-bond acceptors (Lipinski definition) is 3. The van der Waals surface area contributed by atoms with Crippen molar-refractivity contribution >= 4 is 23.2 Å². The molecule has 4 nitrogen and oxygen atoms in total. The zero-order valence-corrected chi connectivity index (χ0v) is 11.2. The molecule has 0 unspecified atom stereocenters. The smallest absolute Gasteiger partial charge is 0.277 e. The maximum atomic E-state index is 13.0. The van der Waals surface area contributed by atoms with Gasteiger partial charge in [-0.2, -0.15) is 0 Å². The summed E-state index contributed by atoms with van der Waals surface area (Å²) in [5, 5.41) is 6.19. The predicted octanol–water partition coefficient (Wildman–Crippen LogP) is 3.84. The van der Waals surface area contributed by atoms with Gasteiger partial charge >= 0.3 is 0 Å². The Labute approximate surface area is 114 Å². The van der Waals surface area contributed by atoms with Crippen LogP contribution in [0.3, 0.4) is 0 Å². The summed E-state index contributed by atoms with van der Waals surface area (Å²) in [5.74, 6) is -0.196. The number of nitrogens with one attached hydrogen (secondary N) is 1. The molecular formula is C13H12ClFN2O2. The van der Waals surface area contributed by atoms with Crippen LogP contribution in [0.25, 0.3) is 0 Å². The number of anilines is 1. The van der Waals surface area contributed by atoms with E-state index < -0.39 is 11.7 Å². The topological polar surface area (TPSA) is 55.1 Å². The molecule has 0 aliphatic carbocycles. The van der Waals surface area contributed by atoms with Crippen LogP contribution in [0, 0.1) is 5.82 Å². The molecule has 1 heterocycles. The molecule has 1 amide bonds.